The molecule has 0 aliphatic heterocycles. The molecule has 0 aromatic heterocycles. The van der Waals surface area contributed by atoms with Crippen molar-refractivity contribution in [2.45, 2.75) is 44.8 Å². The minimum Gasteiger partial charge on any atom is -0.480 e. The monoisotopic (exact) mass is 280 g/mol. The highest BCUT2D eigenvalue weighted by Gasteiger charge is 2.47. The van der Waals surface area contributed by atoms with E-state index < -0.39 is 33.9 Å². The van der Waals surface area contributed by atoms with Crippen LogP contribution in [0.5, 0.6) is 0 Å². The van der Waals surface area contributed by atoms with Crippen molar-refractivity contribution >= 4 is 22.3 Å². The zero-order valence-electron chi connectivity index (χ0n) is 10.1. The number of rotatable bonds is 5. The number of amides is 1. The molecule has 0 unspecified atom stereocenters. The highest BCUT2D eigenvalue weighted by atomic mass is 32.2. The second-order valence-electron chi connectivity index (χ2n) is 4.40. The van der Waals surface area contributed by atoms with Crippen LogP contribution < -0.4 is 9.44 Å². The van der Waals surface area contributed by atoms with Crippen molar-refractivity contribution in [1.29, 1.82) is 0 Å². The molecule has 9 heteroatoms. The fourth-order valence-electron chi connectivity index (χ4n) is 1.52. The predicted octanol–water partition coefficient (Wildman–Crippen LogP) is -0.0373. The average molecular weight is 280 g/mol. The molecule has 0 aromatic rings. The highest BCUT2D eigenvalue weighted by Crippen LogP contribution is 2.32. The summed E-state index contributed by atoms with van der Waals surface area (Å²) in [5, 5.41) is 8.96. The number of carbonyl (C=O) groups excluding carboxylic acids is 1. The third-order valence-electron chi connectivity index (χ3n) is 2.51. The van der Waals surface area contributed by atoms with Crippen LogP contribution in [-0.4, -0.2) is 37.2 Å². The van der Waals surface area contributed by atoms with Gasteiger partial charge in [-0.15, -0.1) is 0 Å². The van der Waals surface area contributed by atoms with Crippen molar-refractivity contribution in [3.8, 4) is 0 Å². The van der Waals surface area contributed by atoms with Crippen molar-refractivity contribution in [1.82, 2.24) is 9.44 Å². The van der Waals surface area contributed by atoms with Gasteiger partial charge in [-0.25, -0.2) is 9.52 Å². The normalized spacial score (nSPS) is 17.9. The summed E-state index contributed by atoms with van der Waals surface area (Å²) in [5.74, 6) is -1.25. The van der Waals surface area contributed by atoms with Crippen molar-refractivity contribution in [3.05, 3.63) is 0 Å². The van der Waals surface area contributed by atoms with E-state index in [0.29, 0.717) is 6.42 Å². The fraction of sp³-hybridized carbons (Fsp3) is 0.778. The van der Waals surface area contributed by atoms with E-state index in [0.717, 1.165) is 0 Å². The Labute approximate surface area is 105 Å². The predicted molar refractivity (Wildman–Crippen MR) is 61.0 cm³/mol. The summed E-state index contributed by atoms with van der Waals surface area (Å²) in [7, 11) is -4.25. The third kappa shape index (κ3) is 3.57. The van der Waals surface area contributed by atoms with E-state index in [4.69, 9.17) is 5.11 Å². The van der Waals surface area contributed by atoms with Crippen molar-refractivity contribution in [2.24, 2.45) is 0 Å². The van der Waals surface area contributed by atoms with Crippen LogP contribution in [-0.2, 0) is 19.7 Å². The lowest BCUT2D eigenvalue weighted by atomic mass is 9.78. The van der Waals surface area contributed by atoms with E-state index in [1.807, 2.05) is 4.72 Å². The van der Waals surface area contributed by atoms with Gasteiger partial charge >= 0.3 is 22.3 Å². The molecule has 0 radical (unpaired) electrons. The summed E-state index contributed by atoms with van der Waals surface area (Å²) in [4.78, 5) is 22.1. The molecule has 1 saturated carbocycles. The Hall–Kier alpha value is -1.35. The molecule has 1 aliphatic rings. The SMILES string of the molecule is CC(C)OC(=O)NS(=O)(=O)NC1(C(=O)O)CCC1. The van der Waals surface area contributed by atoms with Gasteiger partial charge in [-0.05, 0) is 33.1 Å². The number of carbonyl (C=O) groups is 2. The molecule has 0 aromatic carbocycles. The van der Waals surface area contributed by atoms with Crippen LogP contribution in [0.2, 0.25) is 0 Å². The van der Waals surface area contributed by atoms with Crippen LogP contribution in [0, 0.1) is 0 Å². The number of carboxylic acid groups (broad SMARTS) is 1. The molecule has 18 heavy (non-hydrogen) atoms. The first-order valence-electron chi connectivity index (χ1n) is 5.43. The first kappa shape index (κ1) is 14.7. The Morgan fingerprint density at radius 1 is 1.33 bits per heavy atom. The molecule has 1 aliphatic carbocycles. The molecule has 3 N–H and O–H groups in total. The van der Waals surface area contributed by atoms with Gasteiger partial charge in [-0.2, -0.15) is 13.1 Å². The summed E-state index contributed by atoms with van der Waals surface area (Å²) in [6.07, 6.45) is -0.606. The van der Waals surface area contributed by atoms with Gasteiger partial charge in [0.1, 0.15) is 5.54 Å². The molecule has 1 amide bonds. The van der Waals surface area contributed by atoms with E-state index in [1.165, 1.54) is 0 Å². The zero-order valence-corrected chi connectivity index (χ0v) is 10.9. The summed E-state index contributed by atoms with van der Waals surface area (Å²) in [6, 6.07) is 0. The molecule has 0 heterocycles. The quantitative estimate of drug-likeness (QED) is 0.649. The van der Waals surface area contributed by atoms with Gasteiger partial charge in [0.25, 0.3) is 0 Å². The second kappa shape index (κ2) is 5.11. The van der Waals surface area contributed by atoms with Crippen molar-refractivity contribution < 1.29 is 27.9 Å². The van der Waals surface area contributed by atoms with E-state index >= 15 is 0 Å². The molecule has 0 saturated heterocycles. The summed E-state index contributed by atoms with van der Waals surface area (Å²) < 4.78 is 31.3. The summed E-state index contributed by atoms with van der Waals surface area (Å²) in [6.45, 7) is 3.12. The van der Waals surface area contributed by atoms with E-state index in [9.17, 15) is 18.0 Å². The lowest BCUT2D eigenvalue weighted by Gasteiger charge is -2.37. The molecule has 0 atom stereocenters. The number of hydrogen-bond acceptors (Lipinski definition) is 5. The smallest absolute Gasteiger partial charge is 0.422 e. The Kier molecular flexibility index (Phi) is 4.17. The van der Waals surface area contributed by atoms with Gasteiger partial charge in [0.15, 0.2) is 0 Å². The Morgan fingerprint density at radius 3 is 2.22 bits per heavy atom. The largest absolute Gasteiger partial charge is 0.480 e. The topological polar surface area (TPSA) is 122 Å². The molecule has 1 fully saturated rings. The number of hydrogen-bond donors (Lipinski definition) is 3. The van der Waals surface area contributed by atoms with Crippen LogP contribution in [0.4, 0.5) is 4.79 Å². The van der Waals surface area contributed by atoms with Crippen LogP contribution in [0.3, 0.4) is 0 Å². The first-order valence-corrected chi connectivity index (χ1v) is 6.91. The van der Waals surface area contributed by atoms with Gasteiger partial charge < -0.3 is 9.84 Å². The highest BCUT2D eigenvalue weighted by molar-refractivity contribution is 7.88. The van der Waals surface area contributed by atoms with Crippen LogP contribution in [0.15, 0.2) is 0 Å². The molecule has 104 valence electrons. The van der Waals surface area contributed by atoms with Crippen LogP contribution in [0.1, 0.15) is 33.1 Å². The molecule has 0 bridgehead atoms. The van der Waals surface area contributed by atoms with Gasteiger partial charge in [0, 0.05) is 0 Å². The average Bonchev–Trinajstić information content (AvgIpc) is 2.08. The maximum Gasteiger partial charge on any atom is 0.422 e. The summed E-state index contributed by atoms with van der Waals surface area (Å²) >= 11 is 0. The number of ether oxygens (including phenoxy) is 1. The number of carboxylic acids is 1. The van der Waals surface area contributed by atoms with E-state index in [2.05, 4.69) is 4.74 Å². The van der Waals surface area contributed by atoms with Crippen molar-refractivity contribution in [3.63, 3.8) is 0 Å². The van der Waals surface area contributed by atoms with E-state index in [1.54, 1.807) is 18.6 Å². The number of aliphatic carboxylic acids is 1. The number of nitrogens with one attached hydrogen (secondary N) is 2. The minimum atomic E-state index is -4.25. The Morgan fingerprint density at radius 2 is 1.89 bits per heavy atom. The Bertz CT molecular complexity index is 440. The Balaban J connectivity index is 2.65. The van der Waals surface area contributed by atoms with Gasteiger partial charge in [0.2, 0.25) is 0 Å². The second-order valence-corrected chi connectivity index (χ2v) is 5.82. The van der Waals surface area contributed by atoms with Crippen LogP contribution >= 0.6 is 0 Å². The lowest BCUT2D eigenvalue weighted by Crippen LogP contribution is -2.61. The van der Waals surface area contributed by atoms with Crippen molar-refractivity contribution in [2.75, 3.05) is 0 Å². The van der Waals surface area contributed by atoms with Gasteiger partial charge in [0.05, 0.1) is 6.10 Å². The van der Waals surface area contributed by atoms with Gasteiger partial charge in [-0.1, -0.05) is 0 Å². The minimum absolute atomic E-state index is 0.197. The first-order chi connectivity index (χ1) is 8.17. The lowest BCUT2D eigenvalue weighted by molar-refractivity contribution is -0.147. The van der Waals surface area contributed by atoms with Crippen LogP contribution in [0.25, 0.3) is 0 Å². The maximum atomic E-state index is 11.5. The molecule has 1 rings (SSSR count). The maximum absolute atomic E-state index is 11.5. The standard InChI is InChI=1S/C9H16N2O6S/c1-6(2)17-8(14)10-18(15,16)11-9(7(12)13)4-3-5-9/h6,11H,3-5H2,1-2H3,(H,10,14)(H,12,13). The molecular formula is C9H16N2O6S. The molecule has 8 nitrogen and oxygen atoms in total. The van der Waals surface area contributed by atoms with Gasteiger partial charge in [-0.3, -0.25) is 4.79 Å². The third-order valence-corrected chi connectivity index (χ3v) is 3.60. The van der Waals surface area contributed by atoms with E-state index in [-0.39, 0.29) is 12.8 Å². The zero-order chi connectivity index (χ0) is 14.0. The summed E-state index contributed by atoms with van der Waals surface area (Å²) in [5.41, 5.74) is -1.51. The fourth-order valence-corrected chi connectivity index (χ4v) is 2.64. The molecule has 0 spiro atoms. The molecular weight excluding hydrogens is 264 g/mol.